The van der Waals surface area contributed by atoms with Crippen LogP contribution in [-0.4, -0.2) is 8.42 Å². The molecule has 2 rings (SSSR count). The summed E-state index contributed by atoms with van der Waals surface area (Å²) in [6, 6.07) is 9.04. The third-order valence-corrected chi connectivity index (χ3v) is 4.31. The largest absolute Gasteiger partial charge is 0.396 e. The molecule has 21 heavy (non-hydrogen) atoms. The van der Waals surface area contributed by atoms with Crippen molar-refractivity contribution in [2.45, 2.75) is 4.90 Å². The van der Waals surface area contributed by atoms with Gasteiger partial charge in [0.15, 0.2) is 0 Å². The lowest BCUT2D eigenvalue weighted by Gasteiger charge is -2.09. The predicted octanol–water partition coefficient (Wildman–Crippen LogP) is 2.73. The Morgan fingerprint density at radius 3 is 2.52 bits per heavy atom. The SMILES string of the molecule is N#Cc1ccc(NS(=O)(=O)c2ccc(F)c(N)c2)cc1Cl. The molecule has 0 unspecified atom stereocenters. The Balaban J connectivity index is 2.35. The highest BCUT2D eigenvalue weighted by molar-refractivity contribution is 7.92. The molecule has 0 saturated carbocycles. The molecular formula is C13H9ClFN3O2S. The van der Waals surface area contributed by atoms with Gasteiger partial charge < -0.3 is 5.73 Å². The van der Waals surface area contributed by atoms with Crippen molar-refractivity contribution in [3.05, 3.63) is 52.8 Å². The molecule has 2 aromatic rings. The zero-order valence-corrected chi connectivity index (χ0v) is 12.0. The highest BCUT2D eigenvalue weighted by atomic mass is 35.5. The molecule has 0 fully saturated rings. The third kappa shape index (κ3) is 3.24. The van der Waals surface area contributed by atoms with E-state index in [9.17, 15) is 12.8 Å². The Hall–Kier alpha value is -2.30. The Morgan fingerprint density at radius 2 is 1.95 bits per heavy atom. The van der Waals surface area contributed by atoms with Crippen LogP contribution in [0.2, 0.25) is 5.02 Å². The van der Waals surface area contributed by atoms with Crippen LogP contribution in [0.3, 0.4) is 0 Å². The molecule has 0 aliphatic rings. The van der Waals surface area contributed by atoms with Crippen molar-refractivity contribution in [1.82, 2.24) is 0 Å². The minimum atomic E-state index is -3.93. The maximum Gasteiger partial charge on any atom is 0.261 e. The first-order valence-corrected chi connectivity index (χ1v) is 7.47. The summed E-state index contributed by atoms with van der Waals surface area (Å²) in [7, 11) is -3.93. The molecule has 0 aliphatic carbocycles. The van der Waals surface area contributed by atoms with Crippen molar-refractivity contribution < 1.29 is 12.8 Å². The van der Waals surface area contributed by atoms with E-state index in [0.717, 1.165) is 18.2 Å². The molecule has 0 aliphatic heterocycles. The van der Waals surface area contributed by atoms with E-state index in [-0.39, 0.29) is 26.9 Å². The van der Waals surface area contributed by atoms with Gasteiger partial charge in [0.1, 0.15) is 11.9 Å². The van der Waals surface area contributed by atoms with Gasteiger partial charge in [-0.25, -0.2) is 12.8 Å². The van der Waals surface area contributed by atoms with Crippen molar-refractivity contribution in [3.63, 3.8) is 0 Å². The molecule has 2 aromatic carbocycles. The molecule has 0 saturated heterocycles. The number of nitrogen functional groups attached to an aromatic ring is 1. The zero-order chi connectivity index (χ0) is 15.6. The number of anilines is 2. The fourth-order valence-electron chi connectivity index (χ4n) is 1.57. The van der Waals surface area contributed by atoms with E-state index in [0.29, 0.717) is 0 Å². The normalized spacial score (nSPS) is 10.9. The van der Waals surface area contributed by atoms with E-state index in [1.807, 2.05) is 6.07 Å². The molecule has 0 atom stereocenters. The lowest BCUT2D eigenvalue weighted by atomic mass is 10.2. The van der Waals surface area contributed by atoms with Crippen molar-refractivity contribution in [2.24, 2.45) is 0 Å². The second kappa shape index (κ2) is 5.60. The second-order valence-corrected chi connectivity index (χ2v) is 6.18. The number of nitrogens with one attached hydrogen (secondary N) is 1. The molecule has 0 bridgehead atoms. The van der Waals surface area contributed by atoms with Crippen LogP contribution in [0.1, 0.15) is 5.56 Å². The minimum absolute atomic E-state index is 0.122. The van der Waals surface area contributed by atoms with Crippen molar-refractivity contribution in [2.75, 3.05) is 10.5 Å². The summed E-state index contributed by atoms with van der Waals surface area (Å²) in [6.07, 6.45) is 0. The molecule has 0 heterocycles. The van der Waals surface area contributed by atoms with Gasteiger partial charge >= 0.3 is 0 Å². The van der Waals surface area contributed by atoms with Crippen molar-refractivity contribution in [3.8, 4) is 6.07 Å². The number of benzene rings is 2. The van der Waals surface area contributed by atoms with Gasteiger partial charge in [-0.15, -0.1) is 0 Å². The van der Waals surface area contributed by atoms with Crippen LogP contribution in [0.5, 0.6) is 0 Å². The highest BCUT2D eigenvalue weighted by Crippen LogP contribution is 2.24. The van der Waals surface area contributed by atoms with Crippen LogP contribution in [0.15, 0.2) is 41.3 Å². The molecule has 3 N–H and O–H groups in total. The summed E-state index contributed by atoms with van der Waals surface area (Å²) < 4.78 is 39.6. The van der Waals surface area contributed by atoms with Crippen LogP contribution in [0.4, 0.5) is 15.8 Å². The number of hydrogen-bond donors (Lipinski definition) is 2. The first-order valence-electron chi connectivity index (χ1n) is 5.61. The van der Waals surface area contributed by atoms with Crippen LogP contribution in [0.25, 0.3) is 0 Å². The van der Waals surface area contributed by atoms with Gasteiger partial charge in [0, 0.05) is 0 Å². The van der Waals surface area contributed by atoms with Gasteiger partial charge in [0.05, 0.1) is 26.9 Å². The summed E-state index contributed by atoms with van der Waals surface area (Å²) in [4.78, 5) is -0.179. The standard InChI is InChI=1S/C13H9ClFN3O2S/c14-11-5-9(2-1-8(11)7-16)18-21(19,20)10-3-4-12(15)13(17)6-10/h1-6,18H,17H2. The minimum Gasteiger partial charge on any atom is -0.396 e. The molecule has 108 valence electrons. The summed E-state index contributed by atoms with van der Waals surface area (Å²) in [5.74, 6) is -0.699. The monoisotopic (exact) mass is 325 g/mol. The number of hydrogen-bond acceptors (Lipinski definition) is 4. The van der Waals surface area contributed by atoms with Crippen LogP contribution in [-0.2, 0) is 10.0 Å². The number of nitrogens with zero attached hydrogens (tertiary/aromatic N) is 1. The smallest absolute Gasteiger partial charge is 0.261 e. The Morgan fingerprint density at radius 1 is 1.24 bits per heavy atom. The maximum atomic E-state index is 13.1. The Bertz CT molecular complexity index is 847. The molecular weight excluding hydrogens is 317 g/mol. The highest BCUT2D eigenvalue weighted by Gasteiger charge is 2.16. The van der Waals surface area contributed by atoms with Crippen LogP contribution < -0.4 is 10.5 Å². The Labute approximate surface area is 125 Å². The summed E-state index contributed by atoms with van der Waals surface area (Å²) in [5, 5.41) is 8.88. The molecule has 0 aromatic heterocycles. The van der Waals surface area contributed by atoms with Gasteiger partial charge in [-0.1, -0.05) is 11.6 Å². The molecule has 0 radical (unpaired) electrons. The zero-order valence-electron chi connectivity index (χ0n) is 10.5. The van der Waals surface area contributed by atoms with E-state index in [1.165, 1.54) is 18.2 Å². The molecule has 0 amide bonds. The molecule has 0 spiro atoms. The van der Waals surface area contributed by atoms with E-state index in [1.54, 1.807) is 0 Å². The fourth-order valence-corrected chi connectivity index (χ4v) is 2.88. The average molecular weight is 326 g/mol. The fraction of sp³-hybridized carbons (Fsp3) is 0. The molecule has 8 heteroatoms. The van der Waals surface area contributed by atoms with Crippen molar-refractivity contribution >= 4 is 33.0 Å². The Kier molecular flexibility index (Phi) is 4.02. The topological polar surface area (TPSA) is 96.0 Å². The van der Waals surface area contributed by atoms with E-state index in [4.69, 9.17) is 22.6 Å². The van der Waals surface area contributed by atoms with Gasteiger partial charge in [-0.3, -0.25) is 4.72 Å². The van der Waals surface area contributed by atoms with Crippen LogP contribution in [0, 0.1) is 17.1 Å². The van der Waals surface area contributed by atoms with E-state index in [2.05, 4.69) is 4.72 Å². The first kappa shape index (κ1) is 15.1. The summed E-state index contributed by atoms with van der Waals surface area (Å²) in [6.45, 7) is 0. The summed E-state index contributed by atoms with van der Waals surface area (Å²) >= 11 is 5.82. The van der Waals surface area contributed by atoms with Gasteiger partial charge in [0.2, 0.25) is 0 Å². The van der Waals surface area contributed by atoms with Crippen LogP contribution >= 0.6 is 11.6 Å². The molecule has 5 nitrogen and oxygen atoms in total. The lowest BCUT2D eigenvalue weighted by molar-refractivity contribution is 0.600. The number of nitriles is 1. The van der Waals surface area contributed by atoms with Gasteiger partial charge in [-0.05, 0) is 36.4 Å². The summed E-state index contributed by atoms with van der Waals surface area (Å²) in [5.41, 5.74) is 5.49. The van der Waals surface area contributed by atoms with Crippen molar-refractivity contribution in [1.29, 1.82) is 5.26 Å². The van der Waals surface area contributed by atoms with E-state index >= 15 is 0 Å². The number of halogens is 2. The third-order valence-electron chi connectivity index (χ3n) is 2.62. The van der Waals surface area contributed by atoms with Gasteiger partial charge in [0.25, 0.3) is 10.0 Å². The predicted molar refractivity (Wildman–Crippen MR) is 77.8 cm³/mol. The number of nitrogens with two attached hydrogens (primary N) is 1. The second-order valence-electron chi connectivity index (χ2n) is 4.10. The maximum absolute atomic E-state index is 13.1. The lowest BCUT2D eigenvalue weighted by Crippen LogP contribution is -2.13. The first-order chi connectivity index (χ1) is 9.83. The number of rotatable bonds is 3. The average Bonchev–Trinajstić information content (AvgIpc) is 2.41. The van der Waals surface area contributed by atoms with E-state index < -0.39 is 15.8 Å². The van der Waals surface area contributed by atoms with Gasteiger partial charge in [-0.2, -0.15) is 5.26 Å². The number of sulfonamides is 1. The quantitative estimate of drug-likeness (QED) is 0.848.